The number of allylic oxidation sites excluding steroid dienone is 2. The molecule has 2 saturated heterocycles. The summed E-state index contributed by atoms with van der Waals surface area (Å²) < 4.78 is 23.0. The van der Waals surface area contributed by atoms with Crippen molar-refractivity contribution in [1.82, 2.24) is 5.32 Å². The van der Waals surface area contributed by atoms with Crippen LogP contribution in [0.5, 0.6) is 0 Å². The Kier molecular flexibility index (Phi) is 59.6. The number of carbonyl (C=O) groups is 1. The van der Waals surface area contributed by atoms with Gasteiger partial charge in [0.25, 0.3) is 0 Å². The first-order chi connectivity index (χ1) is 45.1. The number of hydrogen-bond acceptors (Lipinski definition) is 13. The predicted octanol–water partition coefficient (Wildman–Crippen LogP) is 17.7. The Morgan fingerprint density at radius 2 is 0.685 bits per heavy atom. The summed E-state index contributed by atoms with van der Waals surface area (Å²) in [6.07, 6.45) is 62.6. The van der Waals surface area contributed by atoms with Crippen LogP contribution >= 0.6 is 0 Å². The summed E-state index contributed by atoms with van der Waals surface area (Å²) in [5, 5.41) is 87.8. The third-order valence-corrected chi connectivity index (χ3v) is 20.0. The fourth-order valence-corrected chi connectivity index (χ4v) is 13.7. The van der Waals surface area contributed by atoms with Gasteiger partial charge < -0.3 is 65.1 Å². The number of unbranched alkanes of at least 4 members (excludes halogenated alkanes) is 53. The van der Waals surface area contributed by atoms with E-state index in [0.717, 1.165) is 51.4 Å². The molecule has 0 radical (unpaired) electrons. The van der Waals surface area contributed by atoms with Crippen molar-refractivity contribution in [3.8, 4) is 0 Å². The fourth-order valence-electron chi connectivity index (χ4n) is 13.7. The molecule has 12 atom stereocenters. The molecule has 1 amide bonds. The molecule has 14 heteroatoms. The highest BCUT2D eigenvalue weighted by Gasteiger charge is 2.51. The van der Waals surface area contributed by atoms with Crippen molar-refractivity contribution in [2.24, 2.45) is 0 Å². The molecule has 0 saturated carbocycles. The summed E-state index contributed by atoms with van der Waals surface area (Å²) in [4.78, 5) is 13.4. The summed E-state index contributed by atoms with van der Waals surface area (Å²) in [7, 11) is 0. The third-order valence-electron chi connectivity index (χ3n) is 20.0. The molecule has 92 heavy (non-hydrogen) atoms. The Balaban J connectivity index is 1.57. The van der Waals surface area contributed by atoms with Crippen molar-refractivity contribution in [2.45, 2.75) is 460 Å². The van der Waals surface area contributed by atoms with Gasteiger partial charge in [0.05, 0.1) is 32.0 Å². The van der Waals surface area contributed by atoms with Crippen LogP contribution in [0.2, 0.25) is 0 Å². The smallest absolute Gasteiger partial charge is 0.220 e. The molecular weight excluding hydrogens is 1160 g/mol. The lowest BCUT2D eigenvalue weighted by atomic mass is 9.97. The first-order valence-corrected chi connectivity index (χ1v) is 39.9. The maximum Gasteiger partial charge on any atom is 0.220 e. The molecular formula is C78H151NO13. The normalized spacial score (nSPS) is 22.6. The van der Waals surface area contributed by atoms with Gasteiger partial charge in [-0.2, -0.15) is 0 Å². The van der Waals surface area contributed by atoms with E-state index in [2.05, 4.69) is 31.3 Å². The quantitative estimate of drug-likeness (QED) is 0.0204. The second kappa shape index (κ2) is 63.2. The largest absolute Gasteiger partial charge is 0.394 e. The van der Waals surface area contributed by atoms with Crippen LogP contribution in [0.3, 0.4) is 0 Å². The summed E-state index contributed by atoms with van der Waals surface area (Å²) in [6.45, 7) is 2.93. The number of rotatable bonds is 68. The zero-order valence-electron chi connectivity index (χ0n) is 59.8. The van der Waals surface area contributed by atoms with Crippen molar-refractivity contribution in [3.05, 3.63) is 12.2 Å². The van der Waals surface area contributed by atoms with Gasteiger partial charge in [-0.25, -0.2) is 0 Å². The van der Waals surface area contributed by atoms with E-state index in [1.165, 1.54) is 308 Å². The Labute approximate surface area is 565 Å². The van der Waals surface area contributed by atoms with Crippen molar-refractivity contribution in [1.29, 1.82) is 0 Å². The number of aliphatic hydroxyl groups is 8. The Morgan fingerprint density at radius 1 is 0.380 bits per heavy atom. The van der Waals surface area contributed by atoms with Gasteiger partial charge in [0.2, 0.25) is 5.91 Å². The average Bonchev–Trinajstić information content (AvgIpc) is 0.915. The molecule has 2 rings (SSSR count). The van der Waals surface area contributed by atoms with E-state index >= 15 is 0 Å². The molecule has 0 aromatic carbocycles. The number of ether oxygens (including phenoxy) is 4. The van der Waals surface area contributed by atoms with Gasteiger partial charge in [-0.1, -0.05) is 353 Å². The summed E-state index contributed by atoms with van der Waals surface area (Å²) >= 11 is 0. The molecule has 2 aliphatic heterocycles. The zero-order valence-corrected chi connectivity index (χ0v) is 59.8. The fraction of sp³-hybridized carbons (Fsp3) is 0.962. The van der Waals surface area contributed by atoms with Gasteiger partial charge in [-0.05, 0) is 38.5 Å². The Bertz CT molecular complexity index is 1590. The van der Waals surface area contributed by atoms with Crippen molar-refractivity contribution in [3.63, 3.8) is 0 Å². The molecule has 9 N–H and O–H groups in total. The Morgan fingerprint density at radius 3 is 1.03 bits per heavy atom. The highest BCUT2D eigenvalue weighted by molar-refractivity contribution is 5.76. The molecule has 546 valence electrons. The van der Waals surface area contributed by atoms with E-state index in [-0.39, 0.29) is 12.5 Å². The Hall–Kier alpha value is -1.27. The molecule has 2 heterocycles. The highest BCUT2D eigenvalue weighted by atomic mass is 16.7. The van der Waals surface area contributed by atoms with Crippen LogP contribution in [0.4, 0.5) is 0 Å². The third kappa shape index (κ3) is 46.1. The van der Waals surface area contributed by atoms with E-state index < -0.39 is 86.8 Å². The van der Waals surface area contributed by atoms with E-state index in [1.54, 1.807) is 0 Å². The first kappa shape index (κ1) is 86.8. The lowest BCUT2D eigenvalue weighted by molar-refractivity contribution is -0.359. The van der Waals surface area contributed by atoms with Crippen LogP contribution in [0.15, 0.2) is 12.2 Å². The number of nitrogens with one attached hydrogen (secondary N) is 1. The topological polar surface area (TPSA) is 228 Å². The number of carbonyl (C=O) groups excluding carboxylic acids is 1. The highest BCUT2D eigenvalue weighted by Crippen LogP contribution is 2.30. The maximum atomic E-state index is 13.4. The molecule has 0 aromatic heterocycles. The predicted molar refractivity (Wildman–Crippen MR) is 379 cm³/mol. The lowest BCUT2D eigenvalue weighted by Gasteiger charge is -2.46. The second-order valence-electron chi connectivity index (χ2n) is 28.6. The van der Waals surface area contributed by atoms with Gasteiger partial charge in [0, 0.05) is 6.42 Å². The maximum absolute atomic E-state index is 13.4. The van der Waals surface area contributed by atoms with Gasteiger partial charge in [0.15, 0.2) is 12.6 Å². The monoisotopic (exact) mass is 1310 g/mol. The van der Waals surface area contributed by atoms with Crippen molar-refractivity contribution < 1.29 is 64.6 Å². The van der Waals surface area contributed by atoms with Crippen molar-refractivity contribution in [2.75, 3.05) is 19.8 Å². The summed E-state index contributed by atoms with van der Waals surface area (Å²) in [5.74, 6) is -0.196. The molecule has 14 nitrogen and oxygen atoms in total. The van der Waals surface area contributed by atoms with Crippen LogP contribution in [-0.2, 0) is 23.7 Å². The number of amides is 1. The van der Waals surface area contributed by atoms with Gasteiger partial charge in [-0.3, -0.25) is 4.79 Å². The van der Waals surface area contributed by atoms with Crippen LogP contribution < -0.4 is 5.32 Å². The number of hydrogen-bond donors (Lipinski definition) is 9. The molecule has 0 aromatic rings. The molecule has 12 unspecified atom stereocenters. The van der Waals surface area contributed by atoms with Crippen molar-refractivity contribution >= 4 is 5.91 Å². The van der Waals surface area contributed by atoms with Crippen LogP contribution in [0, 0.1) is 0 Å². The van der Waals surface area contributed by atoms with Crippen LogP contribution in [0.1, 0.15) is 386 Å². The van der Waals surface area contributed by atoms with E-state index in [4.69, 9.17) is 18.9 Å². The van der Waals surface area contributed by atoms with Crippen LogP contribution in [-0.4, -0.2) is 140 Å². The van der Waals surface area contributed by atoms with Gasteiger partial charge in [-0.15, -0.1) is 0 Å². The molecule has 2 aliphatic rings. The first-order valence-electron chi connectivity index (χ1n) is 39.9. The molecule has 0 bridgehead atoms. The van der Waals surface area contributed by atoms with Crippen LogP contribution in [0.25, 0.3) is 0 Å². The second-order valence-corrected chi connectivity index (χ2v) is 28.6. The molecule has 2 fully saturated rings. The summed E-state index contributed by atoms with van der Waals surface area (Å²) in [5.41, 5.74) is 0. The minimum absolute atomic E-state index is 0.196. The van der Waals surface area contributed by atoms with Gasteiger partial charge in [0.1, 0.15) is 48.8 Å². The SMILES string of the molecule is CCCCCCCCCC/C=C\CCCCCCCCCCCCCCCCCCCCCCCCCCCC(=O)NC(COC1OC(CO)C(OC2OC(CO)C(O)C(O)C2O)C(O)C1O)C(O)CCCCCCCCCCCCCCCCCCCCCCC. The zero-order chi connectivity index (χ0) is 66.6. The molecule has 0 aliphatic carbocycles. The lowest BCUT2D eigenvalue weighted by Crippen LogP contribution is -2.65. The molecule has 0 spiro atoms. The van der Waals surface area contributed by atoms with E-state index in [9.17, 15) is 45.6 Å². The average molecular weight is 1310 g/mol. The van der Waals surface area contributed by atoms with Gasteiger partial charge >= 0.3 is 0 Å². The minimum atomic E-state index is -1.78. The standard InChI is InChI=1S/C78H151NO13/c1-3-5-7-9-11-13-15-17-19-21-23-25-26-27-28-29-30-31-32-33-34-35-36-37-38-39-40-42-44-46-48-50-52-54-56-58-60-62-70(83)79-66(67(82)61-59-57-55-53-51-49-47-45-43-41-24-22-20-18-16-14-12-10-8-6-4-2)65-89-77-75(88)73(86)76(69(64-81)91-77)92-78-74(87)72(85)71(84)68(63-80)90-78/h21,23,66-69,71-78,80-82,84-88H,3-20,22,24-65H2,1-2H3,(H,79,83)/b23-21-. The number of aliphatic hydroxyl groups excluding tert-OH is 8. The minimum Gasteiger partial charge on any atom is -0.394 e. The van der Waals surface area contributed by atoms with E-state index in [0.29, 0.717) is 12.8 Å². The summed E-state index contributed by atoms with van der Waals surface area (Å²) in [6, 6.07) is -0.826. The van der Waals surface area contributed by atoms with E-state index in [1.807, 2.05) is 0 Å².